The molecule has 208 valence electrons. The third kappa shape index (κ3) is 6.87. The van der Waals surface area contributed by atoms with Gasteiger partial charge in [0.2, 0.25) is 5.91 Å². The van der Waals surface area contributed by atoms with E-state index in [-0.39, 0.29) is 24.1 Å². The summed E-state index contributed by atoms with van der Waals surface area (Å²) < 4.78 is 38.6. The second kappa shape index (κ2) is 11.6. The highest BCUT2D eigenvalue weighted by Crippen LogP contribution is 2.36. The number of hydrazine groups is 2. The SMILES string of the molecule is O=C(CNC(=O)c1cccc(C(F)(F)F)c1)NC1CN(C2CCC(c3ccc(CC4=NNNN4)cc3)CC2)C1. The summed E-state index contributed by atoms with van der Waals surface area (Å²) in [5.41, 5.74) is 9.90. The summed E-state index contributed by atoms with van der Waals surface area (Å²) in [7, 11) is 0. The third-order valence-corrected chi connectivity index (χ3v) is 7.63. The van der Waals surface area contributed by atoms with Crippen molar-refractivity contribution in [3.63, 3.8) is 0 Å². The van der Waals surface area contributed by atoms with Crippen molar-refractivity contribution in [2.24, 2.45) is 5.10 Å². The van der Waals surface area contributed by atoms with Gasteiger partial charge in [-0.2, -0.15) is 13.2 Å². The Bertz CT molecular complexity index is 1200. The molecule has 0 aromatic heterocycles. The van der Waals surface area contributed by atoms with E-state index in [0.717, 1.165) is 63.2 Å². The first kappa shape index (κ1) is 26.9. The van der Waals surface area contributed by atoms with Crippen LogP contribution in [0, 0.1) is 0 Å². The molecule has 2 aromatic rings. The van der Waals surface area contributed by atoms with E-state index >= 15 is 0 Å². The van der Waals surface area contributed by atoms with Gasteiger partial charge in [-0.15, -0.1) is 10.6 Å². The lowest BCUT2D eigenvalue weighted by Crippen LogP contribution is -2.63. The van der Waals surface area contributed by atoms with Gasteiger partial charge in [0, 0.05) is 31.1 Å². The molecule has 2 aliphatic heterocycles. The van der Waals surface area contributed by atoms with Gasteiger partial charge >= 0.3 is 6.18 Å². The first-order valence-electron chi connectivity index (χ1n) is 13.1. The average Bonchev–Trinajstić information content (AvgIpc) is 3.42. The van der Waals surface area contributed by atoms with E-state index in [4.69, 9.17) is 0 Å². The molecule has 2 heterocycles. The lowest BCUT2D eigenvalue weighted by atomic mass is 9.80. The summed E-state index contributed by atoms with van der Waals surface area (Å²) in [6.07, 6.45) is 0.675. The van der Waals surface area contributed by atoms with Gasteiger partial charge in [-0.3, -0.25) is 19.9 Å². The maximum Gasteiger partial charge on any atom is 0.416 e. The topological polar surface area (TPSA) is 110 Å². The van der Waals surface area contributed by atoms with Gasteiger partial charge in [0.1, 0.15) is 5.84 Å². The number of amides is 2. The molecule has 0 unspecified atom stereocenters. The number of rotatable bonds is 8. The maximum absolute atomic E-state index is 12.9. The van der Waals surface area contributed by atoms with E-state index in [1.165, 1.54) is 23.3 Å². The first-order valence-corrected chi connectivity index (χ1v) is 13.1. The second-order valence-electron chi connectivity index (χ2n) is 10.3. The quantitative estimate of drug-likeness (QED) is 0.350. The normalized spacial score (nSPS) is 21.8. The fourth-order valence-electron chi connectivity index (χ4n) is 5.46. The van der Waals surface area contributed by atoms with Crippen molar-refractivity contribution in [1.82, 2.24) is 32.0 Å². The molecule has 9 nitrogen and oxygen atoms in total. The number of amidine groups is 1. The number of alkyl halides is 3. The van der Waals surface area contributed by atoms with E-state index < -0.39 is 17.6 Å². The van der Waals surface area contributed by atoms with Gasteiger partial charge in [0.25, 0.3) is 5.91 Å². The van der Waals surface area contributed by atoms with Crippen LogP contribution >= 0.6 is 0 Å². The summed E-state index contributed by atoms with van der Waals surface area (Å²) in [6, 6.07) is 13.4. The van der Waals surface area contributed by atoms with Crippen molar-refractivity contribution in [2.75, 3.05) is 19.6 Å². The molecular formula is C27H32F3N7O2. The molecule has 2 aromatic carbocycles. The van der Waals surface area contributed by atoms with E-state index in [9.17, 15) is 22.8 Å². The number of carbonyl (C=O) groups excluding carboxylic acids is 2. The molecule has 2 fully saturated rings. The first-order chi connectivity index (χ1) is 18.7. The Morgan fingerprint density at radius 3 is 2.44 bits per heavy atom. The van der Waals surface area contributed by atoms with Crippen molar-refractivity contribution in [2.45, 2.75) is 56.3 Å². The van der Waals surface area contributed by atoms with E-state index in [2.05, 4.69) is 61.4 Å². The minimum atomic E-state index is -4.53. The Morgan fingerprint density at radius 1 is 1.03 bits per heavy atom. The molecule has 0 atom stereocenters. The van der Waals surface area contributed by atoms with Crippen LogP contribution in [0.4, 0.5) is 13.2 Å². The van der Waals surface area contributed by atoms with Crippen LogP contribution in [-0.2, 0) is 17.4 Å². The van der Waals surface area contributed by atoms with Crippen LogP contribution in [0.1, 0.15) is 58.6 Å². The number of hydrazone groups is 1. The van der Waals surface area contributed by atoms with Crippen LogP contribution in [0.2, 0.25) is 0 Å². The molecule has 0 spiro atoms. The minimum Gasteiger partial charge on any atom is -0.349 e. The zero-order valence-corrected chi connectivity index (χ0v) is 21.4. The number of likely N-dealkylation sites (tertiary alicyclic amines) is 1. The molecule has 1 aliphatic carbocycles. The molecule has 1 saturated heterocycles. The number of carbonyl (C=O) groups is 2. The molecule has 12 heteroatoms. The second-order valence-corrected chi connectivity index (χ2v) is 10.3. The fraction of sp³-hybridized carbons (Fsp3) is 0.444. The smallest absolute Gasteiger partial charge is 0.349 e. The Morgan fingerprint density at radius 2 is 1.77 bits per heavy atom. The molecular weight excluding hydrogens is 511 g/mol. The highest BCUT2D eigenvalue weighted by atomic mass is 19.4. The summed E-state index contributed by atoms with van der Waals surface area (Å²) in [5, 5.41) is 9.41. The highest BCUT2D eigenvalue weighted by molar-refractivity contribution is 5.96. The van der Waals surface area contributed by atoms with Crippen molar-refractivity contribution < 1.29 is 22.8 Å². The van der Waals surface area contributed by atoms with Crippen LogP contribution in [-0.4, -0.2) is 54.3 Å². The summed E-state index contributed by atoms with van der Waals surface area (Å²) in [4.78, 5) is 26.9. The van der Waals surface area contributed by atoms with Crippen LogP contribution in [0.15, 0.2) is 53.6 Å². The van der Waals surface area contributed by atoms with Crippen LogP contribution in [0.25, 0.3) is 0 Å². The zero-order chi connectivity index (χ0) is 27.4. The molecule has 3 aliphatic rings. The molecule has 39 heavy (non-hydrogen) atoms. The van der Waals surface area contributed by atoms with Crippen molar-refractivity contribution in [1.29, 1.82) is 0 Å². The molecule has 5 rings (SSSR count). The lowest BCUT2D eigenvalue weighted by molar-refractivity contribution is -0.137. The van der Waals surface area contributed by atoms with E-state index in [1.807, 2.05) is 0 Å². The van der Waals surface area contributed by atoms with Crippen LogP contribution in [0.3, 0.4) is 0 Å². The number of halogens is 3. The van der Waals surface area contributed by atoms with Gasteiger partial charge in [0.05, 0.1) is 18.2 Å². The summed E-state index contributed by atoms with van der Waals surface area (Å²) >= 11 is 0. The Balaban J connectivity index is 0.994. The third-order valence-electron chi connectivity index (χ3n) is 7.63. The summed E-state index contributed by atoms with van der Waals surface area (Å²) in [6.45, 7) is 1.24. The van der Waals surface area contributed by atoms with E-state index in [1.54, 1.807) is 0 Å². The van der Waals surface area contributed by atoms with Gasteiger partial charge < -0.3 is 10.6 Å². The average molecular weight is 544 g/mol. The summed E-state index contributed by atoms with van der Waals surface area (Å²) in [5.74, 6) is 0.341. The number of benzene rings is 2. The van der Waals surface area contributed by atoms with Crippen molar-refractivity contribution in [3.8, 4) is 0 Å². The standard InChI is InChI=1S/C27H32F3N7O2/c28-27(29,30)21-3-1-2-20(13-21)26(39)31-14-25(38)32-22-15-37(16-22)23-10-8-19(9-11-23)18-6-4-17(5-7-18)12-24-33-35-36-34-24/h1-7,13,19,22-23,35-36H,8-12,14-16H2,(H,31,39)(H,32,38)(H,33,34). The van der Waals surface area contributed by atoms with Crippen LogP contribution < -0.4 is 27.1 Å². The number of nitrogens with zero attached hydrogens (tertiary/aromatic N) is 2. The molecule has 5 N–H and O–H groups in total. The Kier molecular flexibility index (Phi) is 8.03. The zero-order valence-electron chi connectivity index (χ0n) is 21.4. The lowest BCUT2D eigenvalue weighted by Gasteiger charge is -2.46. The predicted molar refractivity (Wildman–Crippen MR) is 139 cm³/mol. The highest BCUT2D eigenvalue weighted by Gasteiger charge is 2.35. The van der Waals surface area contributed by atoms with Gasteiger partial charge in [0.15, 0.2) is 0 Å². The molecule has 0 bridgehead atoms. The Hall–Kier alpha value is -3.64. The predicted octanol–water partition coefficient (Wildman–Crippen LogP) is 2.43. The number of nitrogens with one attached hydrogen (secondary N) is 5. The fourth-order valence-corrected chi connectivity index (χ4v) is 5.46. The number of hydrogen-bond acceptors (Lipinski definition) is 7. The number of hydrogen-bond donors (Lipinski definition) is 5. The van der Waals surface area contributed by atoms with Gasteiger partial charge in [-0.05, 0) is 60.9 Å². The van der Waals surface area contributed by atoms with E-state index in [0.29, 0.717) is 12.0 Å². The van der Waals surface area contributed by atoms with Crippen LogP contribution in [0.5, 0.6) is 0 Å². The Labute approximate surface area is 224 Å². The minimum absolute atomic E-state index is 0.0117. The largest absolute Gasteiger partial charge is 0.416 e. The monoisotopic (exact) mass is 543 g/mol. The molecule has 1 saturated carbocycles. The molecule has 0 radical (unpaired) electrons. The van der Waals surface area contributed by atoms with Crippen molar-refractivity contribution in [3.05, 3.63) is 70.8 Å². The van der Waals surface area contributed by atoms with Gasteiger partial charge in [-0.1, -0.05) is 30.3 Å². The maximum atomic E-state index is 12.9. The van der Waals surface area contributed by atoms with Crippen molar-refractivity contribution >= 4 is 17.6 Å². The molecule has 2 amide bonds. The van der Waals surface area contributed by atoms with Gasteiger partial charge in [-0.25, -0.2) is 5.53 Å².